The zero-order valence-electron chi connectivity index (χ0n) is 10.5. The van der Waals surface area contributed by atoms with Crippen molar-refractivity contribution in [1.82, 2.24) is 0 Å². The SMILES string of the molecule is COC(=O)c1ccc(-c2ccccc2CN)c(F)c1. The van der Waals surface area contributed by atoms with E-state index in [1.165, 1.54) is 19.2 Å². The summed E-state index contributed by atoms with van der Waals surface area (Å²) in [6.45, 7) is 0.328. The number of halogens is 1. The van der Waals surface area contributed by atoms with E-state index in [0.29, 0.717) is 12.1 Å². The summed E-state index contributed by atoms with van der Waals surface area (Å²) in [5.41, 5.74) is 7.84. The second kappa shape index (κ2) is 5.63. The number of methoxy groups -OCH3 is 1. The van der Waals surface area contributed by atoms with E-state index >= 15 is 0 Å². The summed E-state index contributed by atoms with van der Waals surface area (Å²) >= 11 is 0. The Morgan fingerprint density at radius 3 is 2.58 bits per heavy atom. The highest BCUT2D eigenvalue weighted by Crippen LogP contribution is 2.27. The van der Waals surface area contributed by atoms with Gasteiger partial charge in [0.1, 0.15) is 5.82 Å². The lowest BCUT2D eigenvalue weighted by molar-refractivity contribution is 0.0600. The Morgan fingerprint density at radius 2 is 1.95 bits per heavy atom. The summed E-state index contributed by atoms with van der Waals surface area (Å²) < 4.78 is 18.7. The molecule has 2 aromatic carbocycles. The summed E-state index contributed by atoms with van der Waals surface area (Å²) in [6.07, 6.45) is 0. The van der Waals surface area contributed by atoms with Gasteiger partial charge in [-0.15, -0.1) is 0 Å². The zero-order valence-corrected chi connectivity index (χ0v) is 10.5. The molecule has 0 atom stereocenters. The molecular weight excluding hydrogens is 245 g/mol. The van der Waals surface area contributed by atoms with Crippen LogP contribution in [-0.2, 0) is 11.3 Å². The molecule has 3 nitrogen and oxygen atoms in total. The first-order chi connectivity index (χ1) is 9.17. The predicted molar refractivity (Wildman–Crippen MR) is 71.1 cm³/mol. The van der Waals surface area contributed by atoms with Crippen molar-refractivity contribution in [1.29, 1.82) is 0 Å². The van der Waals surface area contributed by atoms with Gasteiger partial charge in [-0.25, -0.2) is 9.18 Å². The van der Waals surface area contributed by atoms with Gasteiger partial charge in [0.15, 0.2) is 0 Å². The number of hydrogen-bond acceptors (Lipinski definition) is 3. The Hall–Kier alpha value is -2.20. The smallest absolute Gasteiger partial charge is 0.337 e. The van der Waals surface area contributed by atoms with Crippen LogP contribution in [0.3, 0.4) is 0 Å². The Balaban J connectivity index is 2.49. The molecule has 0 aliphatic carbocycles. The number of nitrogens with two attached hydrogens (primary N) is 1. The molecule has 0 radical (unpaired) electrons. The molecule has 4 heteroatoms. The first-order valence-electron chi connectivity index (χ1n) is 5.83. The molecular formula is C15H14FNO2. The number of carbonyl (C=O) groups is 1. The zero-order chi connectivity index (χ0) is 13.8. The summed E-state index contributed by atoms with van der Waals surface area (Å²) in [6, 6.07) is 11.6. The van der Waals surface area contributed by atoms with Gasteiger partial charge < -0.3 is 10.5 Å². The molecule has 2 aromatic rings. The molecule has 0 amide bonds. The molecule has 0 heterocycles. The molecule has 0 aliphatic heterocycles. The van der Waals surface area contributed by atoms with E-state index in [9.17, 15) is 9.18 Å². The number of ether oxygens (including phenoxy) is 1. The minimum Gasteiger partial charge on any atom is -0.465 e. The predicted octanol–water partition coefficient (Wildman–Crippen LogP) is 2.74. The van der Waals surface area contributed by atoms with Gasteiger partial charge in [-0.2, -0.15) is 0 Å². The fourth-order valence-electron chi connectivity index (χ4n) is 1.94. The van der Waals surface area contributed by atoms with E-state index in [1.807, 2.05) is 18.2 Å². The normalized spacial score (nSPS) is 10.3. The third-order valence-electron chi connectivity index (χ3n) is 2.92. The topological polar surface area (TPSA) is 52.3 Å². The molecule has 0 saturated heterocycles. The van der Waals surface area contributed by atoms with E-state index in [1.54, 1.807) is 12.1 Å². The van der Waals surface area contributed by atoms with E-state index in [-0.39, 0.29) is 5.56 Å². The van der Waals surface area contributed by atoms with Crippen molar-refractivity contribution in [2.75, 3.05) is 7.11 Å². The van der Waals surface area contributed by atoms with Crippen molar-refractivity contribution in [2.24, 2.45) is 5.73 Å². The van der Waals surface area contributed by atoms with Crippen LogP contribution in [0.1, 0.15) is 15.9 Å². The van der Waals surface area contributed by atoms with Gasteiger partial charge in [0.2, 0.25) is 0 Å². The molecule has 98 valence electrons. The molecule has 0 saturated carbocycles. The third kappa shape index (κ3) is 2.63. The average molecular weight is 259 g/mol. The van der Waals surface area contributed by atoms with Crippen LogP contribution in [0.25, 0.3) is 11.1 Å². The maximum atomic E-state index is 14.1. The van der Waals surface area contributed by atoms with Gasteiger partial charge in [-0.05, 0) is 23.3 Å². The minimum atomic E-state index is -0.558. The summed E-state index contributed by atoms with van der Waals surface area (Å²) in [7, 11) is 1.26. The first kappa shape index (κ1) is 13.2. The van der Waals surface area contributed by atoms with E-state index < -0.39 is 11.8 Å². The first-order valence-corrected chi connectivity index (χ1v) is 5.83. The summed E-state index contributed by atoms with van der Waals surface area (Å²) in [5, 5.41) is 0. The number of rotatable bonds is 3. The molecule has 19 heavy (non-hydrogen) atoms. The van der Waals surface area contributed by atoms with Crippen LogP contribution < -0.4 is 5.73 Å². The van der Waals surface area contributed by atoms with Gasteiger partial charge in [0.05, 0.1) is 12.7 Å². The maximum Gasteiger partial charge on any atom is 0.337 e. The van der Waals surface area contributed by atoms with Crippen molar-refractivity contribution in [3.05, 3.63) is 59.4 Å². The van der Waals surface area contributed by atoms with Crippen LogP contribution in [0, 0.1) is 5.82 Å². The van der Waals surface area contributed by atoms with Crippen molar-refractivity contribution >= 4 is 5.97 Å². The average Bonchev–Trinajstić information content (AvgIpc) is 2.46. The van der Waals surface area contributed by atoms with Crippen LogP contribution >= 0.6 is 0 Å². The van der Waals surface area contributed by atoms with Crippen LogP contribution in [-0.4, -0.2) is 13.1 Å². The van der Waals surface area contributed by atoms with Gasteiger partial charge >= 0.3 is 5.97 Å². The van der Waals surface area contributed by atoms with Gasteiger partial charge in [0, 0.05) is 12.1 Å². The molecule has 2 N–H and O–H groups in total. The summed E-state index contributed by atoms with van der Waals surface area (Å²) in [4.78, 5) is 11.3. The number of carbonyl (C=O) groups excluding carboxylic acids is 1. The fraction of sp³-hybridized carbons (Fsp3) is 0.133. The van der Waals surface area contributed by atoms with Gasteiger partial charge in [0.25, 0.3) is 0 Å². The van der Waals surface area contributed by atoms with E-state index in [4.69, 9.17) is 5.73 Å². The van der Waals surface area contributed by atoms with E-state index in [2.05, 4.69) is 4.74 Å². The molecule has 2 rings (SSSR count). The standard InChI is InChI=1S/C15H14FNO2/c1-19-15(18)10-6-7-13(14(16)8-10)12-5-3-2-4-11(12)9-17/h2-8H,9,17H2,1H3. The quantitative estimate of drug-likeness (QED) is 0.862. The number of benzene rings is 2. The van der Waals surface area contributed by atoms with Crippen molar-refractivity contribution < 1.29 is 13.9 Å². The number of esters is 1. The van der Waals surface area contributed by atoms with Gasteiger partial charge in [-0.3, -0.25) is 0 Å². The third-order valence-corrected chi connectivity index (χ3v) is 2.92. The highest BCUT2D eigenvalue weighted by atomic mass is 19.1. The highest BCUT2D eigenvalue weighted by molar-refractivity contribution is 5.90. The lowest BCUT2D eigenvalue weighted by Gasteiger charge is -2.09. The second-order valence-electron chi connectivity index (χ2n) is 4.05. The van der Waals surface area contributed by atoms with Crippen molar-refractivity contribution in [2.45, 2.75) is 6.54 Å². The molecule has 0 spiro atoms. The largest absolute Gasteiger partial charge is 0.465 e. The van der Waals surface area contributed by atoms with Crippen molar-refractivity contribution in [3.63, 3.8) is 0 Å². The Bertz CT molecular complexity index is 611. The second-order valence-corrected chi connectivity index (χ2v) is 4.05. The van der Waals surface area contributed by atoms with Gasteiger partial charge in [-0.1, -0.05) is 30.3 Å². The molecule has 0 unspecified atom stereocenters. The lowest BCUT2D eigenvalue weighted by Crippen LogP contribution is -2.03. The number of hydrogen-bond donors (Lipinski definition) is 1. The van der Waals surface area contributed by atoms with Crippen LogP contribution in [0.5, 0.6) is 0 Å². The Kier molecular flexibility index (Phi) is 3.92. The fourth-order valence-corrected chi connectivity index (χ4v) is 1.94. The van der Waals surface area contributed by atoms with E-state index in [0.717, 1.165) is 11.1 Å². The lowest BCUT2D eigenvalue weighted by atomic mass is 9.98. The summed E-state index contributed by atoms with van der Waals surface area (Å²) in [5.74, 6) is -1.03. The van der Waals surface area contributed by atoms with Crippen molar-refractivity contribution in [3.8, 4) is 11.1 Å². The minimum absolute atomic E-state index is 0.189. The molecule has 0 aromatic heterocycles. The molecule has 0 aliphatic rings. The molecule has 0 fully saturated rings. The Morgan fingerprint density at radius 1 is 1.21 bits per heavy atom. The highest BCUT2D eigenvalue weighted by Gasteiger charge is 2.12. The Labute approximate surface area is 110 Å². The van der Waals surface area contributed by atoms with Crippen LogP contribution in [0.2, 0.25) is 0 Å². The van der Waals surface area contributed by atoms with Crippen LogP contribution in [0.15, 0.2) is 42.5 Å². The monoisotopic (exact) mass is 259 g/mol. The molecule has 0 bridgehead atoms. The van der Waals surface area contributed by atoms with Crippen LogP contribution in [0.4, 0.5) is 4.39 Å². The maximum absolute atomic E-state index is 14.1.